The number of carbonyl (C=O) groups is 5. The van der Waals surface area contributed by atoms with Crippen LogP contribution >= 0.6 is 0 Å². The van der Waals surface area contributed by atoms with Crippen LogP contribution in [0.15, 0.2) is 0 Å². The van der Waals surface area contributed by atoms with Gasteiger partial charge in [0.05, 0.1) is 12.1 Å². The summed E-state index contributed by atoms with van der Waals surface area (Å²) < 4.78 is 0. The number of hydrogen-bond acceptors (Lipinski definition) is 7. The highest BCUT2D eigenvalue weighted by Crippen LogP contribution is 2.06. The molecule has 0 saturated heterocycles. The molecule has 172 valence electrons. The van der Waals surface area contributed by atoms with E-state index in [1.54, 1.807) is 6.92 Å². The number of carbonyl (C=O) groups excluding carboxylic acids is 3. The second-order valence-electron chi connectivity index (χ2n) is 7.20. The van der Waals surface area contributed by atoms with Gasteiger partial charge in [-0.2, -0.15) is 0 Å². The molecule has 0 aliphatic carbocycles. The maximum Gasteiger partial charge on any atom is 0.326 e. The Morgan fingerprint density at radius 1 is 0.900 bits per heavy atom. The summed E-state index contributed by atoms with van der Waals surface area (Å²) in [6.07, 6.45) is -1.47. The second kappa shape index (κ2) is 12.8. The molecule has 12 nitrogen and oxygen atoms in total. The van der Waals surface area contributed by atoms with Crippen LogP contribution in [0.1, 0.15) is 47.0 Å². The van der Waals surface area contributed by atoms with Gasteiger partial charge in [-0.1, -0.05) is 20.3 Å². The first kappa shape index (κ1) is 27.3. The second-order valence-corrected chi connectivity index (χ2v) is 7.20. The summed E-state index contributed by atoms with van der Waals surface area (Å²) in [4.78, 5) is 58.6. The summed E-state index contributed by atoms with van der Waals surface area (Å²) >= 11 is 0. The molecule has 0 aromatic carbocycles. The Balaban J connectivity index is 5.02. The average Bonchev–Trinajstić information content (AvgIpc) is 2.66. The van der Waals surface area contributed by atoms with E-state index in [0.29, 0.717) is 6.42 Å². The molecule has 8 N–H and O–H groups in total. The summed E-state index contributed by atoms with van der Waals surface area (Å²) in [5, 5.41) is 34.4. The Bertz CT molecular complexity index is 640. The number of carboxylic acid groups (broad SMARTS) is 2. The van der Waals surface area contributed by atoms with Crippen molar-refractivity contribution in [1.29, 1.82) is 0 Å². The van der Waals surface area contributed by atoms with Crippen LogP contribution in [0, 0.1) is 5.92 Å². The number of nitrogens with one attached hydrogen (secondary N) is 3. The maximum atomic E-state index is 12.4. The van der Waals surface area contributed by atoms with Crippen molar-refractivity contribution < 1.29 is 39.3 Å². The lowest BCUT2D eigenvalue weighted by Gasteiger charge is -2.26. The highest BCUT2D eigenvalue weighted by Gasteiger charge is 2.31. The van der Waals surface area contributed by atoms with Crippen molar-refractivity contribution in [3.05, 3.63) is 0 Å². The van der Waals surface area contributed by atoms with Crippen LogP contribution < -0.4 is 21.7 Å². The topological polar surface area (TPSA) is 208 Å². The molecular weight excluding hydrogens is 400 g/mol. The molecule has 6 unspecified atom stereocenters. The quantitative estimate of drug-likeness (QED) is 0.174. The largest absolute Gasteiger partial charge is 0.481 e. The van der Waals surface area contributed by atoms with Gasteiger partial charge in [-0.05, 0) is 26.2 Å². The molecule has 0 saturated carbocycles. The minimum absolute atomic E-state index is 0.161. The van der Waals surface area contributed by atoms with E-state index in [9.17, 15) is 29.1 Å². The van der Waals surface area contributed by atoms with Gasteiger partial charge in [0, 0.05) is 6.42 Å². The van der Waals surface area contributed by atoms with E-state index in [1.807, 2.05) is 6.92 Å². The van der Waals surface area contributed by atoms with Crippen molar-refractivity contribution in [3.8, 4) is 0 Å². The van der Waals surface area contributed by atoms with Crippen LogP contribution in [-0.4, -0.2) is 75.3 Å². The zero-order valence-electron chi connectivity index (χ0n) is 17.5. The molecule has 3 amide bonds. The number of aliphatic carboxylic acids is 2. The van der Waals surface area contributed by atoms with Gasteiger partial charge in [-0.3, -0.25) is 19.2 Å². The number of rotatable bonds is 13. The zero-order chi connectivity index (χ0) is 23.6. The van der Waals surface area contributed by atoms with E-state index in [4.69, 9.17) is 15.9 Å². The van der Waals surface area contributed by atoms with E-state index < -0.39 is 66.4 Å². The third kappa shape index (κ3) is 9.18. The fourth-order valence-corrected chi connectivity index (χ4v) is 2.36. The van der Waals surface area contributed by atoms with E-state index in [2.05, 4.69) is 16.0 Å². The van der Waals surface area contributed by atoms with Crippen molar-refractivity contribution in [2.45, 2.75) is 77.2 Å². The number of aliphatic hydroxyl groups excluding tert-OH is 1. The van der Waals surface area contributed by atoms with Gasteiger partial charge in [-0.25, -0.2) is 4.79 Å². The number of carboxylic acids is 2. The average molecular weight is 432 g/mol. The lowest BCUT2D eigenvalue weighted by Crippen LogP contribution is -2.59. The first-order valence-corrected chi connectivity index (χ1v) is 9.61. The lowest BCUT2D eigenvalue weighted by molar-refractivity contribution is -0.143. The molecule has 30 heavy (non-hydrogen) atoms. The lowest BCUT2D eigenvalue weighted by atomic mass is 9.98. The zero-order valence-corrected chi connectivity index (χ0v) is 17.5. The van der Waals surface area contributed by atoms with Gasteiger partial charge in [0.25, 0.3) is 0 Å². The van der Waals surface area contributed by atoms with Gasteiger partial charge in [0.15, 0.2) is 0 Å². The first-order chi connectivity index (χ1) is 13.8. The van der Waals surface area contributed by atoms with Crippen LogP contribution in [0.4, 0.5) is 0 Å². The SMILES string of the molecule is CCC(C)C(N)C(=O)NC(C(=O)NC(C)C(=O)NC(CCC(=O)O)C(=O)O)C(C)O. The molecule has 12 heteroatoms. The van der Waals surface area contributed by atoms with Gasteiger partial charge in [0.2, 0.25) is 17.7 Å². The Labute approximate surface area is 174 Å². The van der Waals surface area contributed by atoms with Gasteiger partial charge in [-0.15, -0.1) is 0 Å². The van der Waals surface area contributed by atoms with E-state index in [0.717, 1.165) is 0 Å². The third-order valence-electron chi connectivity index (χ3n) is 4.64. The number of aliphatic hydroxyl groups is 1. The Morgan fingerprint density at radius 3 is 1.90 bits per heavy atom. The molecule has 0 bridgehead atoms. The molecule has 0 spiro atoms. The first-order valence-electron chi connectivity index (χ1n) is 9.61. The molecule has 0 heterocycles. The molecule has 0 aromatic heterocycles. The standard InChI is InChI=1S/C18H32N4O8/c1-5-8(2)13(19)16(27)22-14(10(4)23)17(28)20-9(3)15(26)21-11(18(29)30)6-7-12(24)25/h8-11,13-14,23H,5-7,19H2,1-4H3,(H,20,28)(H,21,26)(H,22,27)(H,24,25)(H,29,30). The van der Waals surface area contributed by atoms with Crippen molar-refractivity contribution in [2.75, 3.05) is 0 Å². The molecule has 0 fully saturated rings. The Morgan fingerprint density at radius 2 is 1.47 bits per heavy atom. The Kier molecular flexibility index (Phi) is 11.6. The number of hydrogen-bond donors (Lipinski definition) is 7. The minimum atomic E-state index is -1.45. The third-order valence-corrected chi connectivity index (χ3v) is 4.64. The summed E-state index contributed by atoms with van der Waals surface area (Å²) in [6.45, 7) is 6.15. The predicted octanol–water partition coefficient (Wildman–Crippen LogP) is -1.84. The van der Waals surface area contributed by atoms with Crippen LogP contribution in [0.5, 0.6) is 0 Å². The van der Waals surface area contributed by atoms with Crippen LogP contribution in [0.25, 0.3) is 0 Å². The smallest absolute Gasteiger partial charge is 0.326 e. The Hall–Kier alpha value is -2.73. The predicted molar refractivity (Wildman–Crippen MR) is 105 cm³/mol. The molecule has 0 radical (unpaired) electrons. The summed E-state index contributed by atoms with van der Waals surface area (Å²) in [7, 11) is 0. The molecule has 6 atom stereocenters. The summed E-state index contributed by atoms with van der Waals surface area (Å²) in [5.41, 5.74) is 5.82. The molecular formula is C18H32N4O8. The molecule has 0 aromatic rings. The minimum Gasteiger partial charge on any atom is -0.481 e. The van der Waals surface area contributed by atoms with Crippen molar-refractivity contribution in [1.82, 2.24) is 16.0 Å². The van der Waals surface area contributed by atoms with Crippen LogP contribution in [-0.2, 0) is 24.0 Å². The van der Waals surface area contributed by atoms with Gasteiger partial charge in [0.1, 0.15) is 18.1 Å². The normalized spacial score (nSPS) is 16.9. The van der Waals surface area contributed by atoms with Crippen molar-refractivity contribution >= 4 is 29.7 Å². The summed E-state index contributed by atoms with van der Waals surface area (Å²) in [5.74, 6) is -5.17. The van der Waals surface area contributed by atoms with Crippen molar-refractivity contribution in [3.63, 3.8) is 0 Å². The number of nitrogens with two attached hydrogens (primary N) is 1. The van der Waals surface area contributed by atoms with Crippen LogP contribution in [0.3, 0.4) is 0 Å². The van der Waals surface area contributed by atoms with E-state index in [-0.39, 0.29) is 12.3 Å². The number of amides is 3. The summed E-state index contributed by atoms with van der Waals surface area (Å²) in [6, 6.07) is -4.94. The fourth-order valence-electron chi connectivity index (χ4n) is 2.36. The monoisotopic (exact) mass is 432 g/mol. The van der Waals surface area contributed by atoms with Gasteiger partial charge >= 0.3 is 11.9 Å². The highest BCUT2D eigenvalue weighted by molar-refractivity contribution is 5.94. The van der Waals surface area contributed by atoms with Gasteiger partial charge < -0.3 is 37.0 Å². The molecule has 0 rings (SSSR count). The highest BCUT2D eigenvalue weighted by atomic mass is 16.4. The molecule has 0 aliphatic rings. The maximum absolute atomic E-state index is 12.4. The van der Waals surface area contributed by atoms with E-state index >= 15 is 0 Å². The fraction of sp³-hybridized carbons (Fsp3) is 0.722. The van der Waals surface area contributed by atoms with E-state index in [1.165, 1.54) is 13.8 Å². The van der Waals surface area contributed by atoms with Crippen molar-refractivity contribution in [2.24, 2.45) is 11.7 Å². The van der Waals surface area contributed by atoms with Crippen LogP contribution in [0.2, 0.25) is 0 Å². The molecule has 0 aliphatic heterocycles.